The Morgan fingerprint density at radius 3 is 2.69 bits per heavy atom. The van der Waals surface area contributed by atoms with Gasteiger partial charge >= 0.3 is 0 Å². The Labute approximate surface area is 96.4 Å². The fourth-order valence-corrected chi connectivity index (χ4v) is 1.43. The molecule has 5 nitrogen and oxygen atoms in total. The second-order valence-corrected chi connectivity index (χ2v) is 3.38. The van der Waals surface area contributed by atoms with Gasteiger partial charge in [0.2, 0.25) is 0 Å². The fraction of sp³-hybridized carbons (Fsp3) is 0.200. The van der Waals surface area contributed by atoms with E-state index in [2.05, 4.69) is 0 Å². The summed E-state index contributed by atoms with van der Waals surface area (Å²) in [6, 6.07) is 4.23. The summed E-state index contributed by atoms with van der Waals surface area (Å²) in [6.07, 6.45) is 0. The zero-order valence-corrected chi connectivity index (χ0v) is 9.11. The van der Waals surface area contributed by atoms with E-state index in [9.17, 15) is 14.9 Å². The second-order valence-electron chi connectivity index (χ2n) is 3.11. The van der Waals surface area contributed by atoms with Gasteiger partial charge in [-0.25, -0.2) is 0 Å². The lowest BCUT2D eigenvalue weighted by Gasteiger charge is -2.03. The van der Waals surface area contributed by atoms with Crippen LogP contribution in [0.25, 0.3) is 0 Å². The van der Waals surface area contributed by atoms with Gasteiger partial charge < -0.3 is 0 Å². The molecule has 0 aliphatic rings. The molecule has 0 unspecified atom stereocenters. The van der Waals surface area contributed by atoms with Crippen molar-refractivity contribution < 1.29 is 9.72 Å². The van der Waals surface area contributed by atoms with Gasteiger partial charge in [-0.3, -0.25) is 14.9 Å². The molecule has 1 rings (SSSR count). The first-order chi connectivity index (χ1) is 7.51. The Balaban J connectivity index is 3.48. The van der Waals surface area contributed by atoms with Crippen LogP contribution < -0.4 is 0 Å². The van der Waals surface area contributed by atoms with Gasteiger partial charge in [-0.2, -0.15) is 5.26 Å². The summed E-state index contributed by atoms with van der Waals surface area (Å²) in [5.41, 5.74) is 0.253. The summed E-state index contributed by atoms with van der Waals surface area (Å²) < 4.78 is 0. The third-order valence-corrected chi connectivity index (χ3v) is 2.32. The van der Waals surface area contributed by atoms with E-state index < -0.39 is 10.7 Å². The lowest BCUT2D eigenvalue weighted by molar-refractivity contribution is -0.385. The van der Waals surface area contributed by atoms with Crippen LogP contribution in [-0.2, 0) is 0 Å². The highest BCUT2D eigenvalue weighted by molar-refractivity contribution is 6.30. The van der Waals surface area contributed by atoms with Gasteiger partial charge in [0.15, 0.2) is 5.78 Å². The Hall–Kier alpha value is -1.93. The Morgan fingerprint density at radius 1 is 1.62 bits per heavy atom. The molecule has 0 radical (unpaired) electrons. The van der Waals surface area contributed by atoms with E-state index in [1.54, 1.807) is 0 Å². The van der Waals surface area contributed by atoms with Crippen LogP contribution in [0.15, 0.2) is 12.1 Å². The molecular formula is C10H7ClN2O3. The summed E-state index contributed by atoms with van der Waals surface area (Å²) in [6.45, 7) is 1.51. The van der Waals surface area contributed by atoms with Crippen LogP contribution in [-0.4, -0.2) is 16.6 Å². The van der Waals surface area contributed by atoms with Crippen molar-refractivity contribution in [3.63, 3.8) is 0 Å². The van der Waals surface area contributed by atoms with E-state index in [4.69, 9.17) is 16.9 Å². The number of halogens is 1. The third-order valence-electron chi connectivity index (χ3n) is 2.08. The lowest BCUT2D eigenvalue weighted by Crippen LogP contribution is -2.05. The van der Waals surface area contributed by atoms with Gasteiger partial charge in [0.25, 0.3) is 5.69 Å². The average Bonchev–Trinajstić information content (AvgIpc) is 2.27. The highest BCUT2D eigenvalue weighted by atomic mass is 35.5. The standard InChI is InChI=1S/C10H7ClN2O3/c1-6-2-7(5-12)8(10(14)4-11)3-9(6)13(15)16/h2-3H,4H2,1H3. The minimum absolute atomic E-state index is 0.00481. The van der Waals surface area contributed by atoms with Crippen molar-refractivity contribution in [2.24, 2.45) is 0 Å². The van der Waals surface area contributed by atoms with E-state index in [-0.39, 0.29) is 22.7 Å². The molecule has 0 atom stereocenters. The third kappa shape index (κ3) is 2.18. The molecule has 0 spiro atoms. The number of ketones is 1. The SMILES string of the molecule is Cc1cc(C#N)c(C(=O)CCl)cc1[N+](=O)[O-]. The van der Waals surface area contributed by atoms with Crippen molar-refractivity contribution in [1.29, 1.82) is 5.26 Å². The number of nitriles is 1. The summed E-state index contributed by atoms with van der Waals surface area (Å²) in [5, 5.41) is 19.5. The summed E-state index contributed by atoms with van der Waals surface area (Å²) in [7, 11) is 0. The largest absolute Gasteiger partial charge is 0.293 e. The van der Waals surface area contributed by atoms with E-state index in [1.807, 2.05) is 6.07 Å². The topological polar surface area (TPSA) is 84.0 Å². The van der Waals surface area contributed by atoms with Crippen LogP contribution in [0.4, 0.5) is 5.69 Å². The van der Waals surface area contributed by atoms with Crippen LogP contribution in [0.1, 0.15) is 21.5 Å². The molecule has 0 fully saturated rings. The van der Waals surface area contributed by atoms with E-state index in [1.165, 1.54) is 13.0 Å². The highest BCUT2D eigenvalue weighted by Crippen LogP contribution is 2.23. The zero-order chi connectivity index (χ0) is 12.3. The monoisotopic (exact) mass is 238 g/mol. The Kier molecular flexibility index (Phi) is 3.59. The number of hydrogen-bond donors (Lipinski definition) is 0. The molecule has 6 heteroatoms. The van der Waals surface area contributed by atoms with E-state index in [0.717, 1.165) is 6.07 Å². The van der Waals surface area contributed by atoms with Crippen molar-refractivity contribution >= 4 is 23.1 Å². The van der Waals surface area contributed by atoms with Crippen LogP contribution in [0.2, 0.25) is 0 Å². The second kappa shape index (κ2) is 4.73. The van der Waals surface area contributed by atoms with Gasteiger partial charge in [0.1, 0.15) is 0 Å². The first kappa shape index (κ1) is 12.1. The molecule has 0 aliphatic heterocycles. The maximum absolute atomic E-state index is 11.4. The predicted octanol–water partition coefficient (Wildman–Crippen LogP) is 2.20. The van der Waals surface area contributed by atoms with Crippen LogP contribution in [0.5, 0.6) is 0 Å². The molecule has 0 N–H and O–H groups in total. The molecule has 0 amide bonds. The molecule has 16 heavy (non-hydrogen) atoms. The molecule has 0 bridgehead atoms. The first-order valence-electron chi connectivity index (χ1n) is 4.29. The predicted molar refractivity (Wildman–Crippen MR) is 57.6 cm³/mol. The quantitative estimate of drug-likeness (QED) is 0.350. The number of carbonyl (C=O) groups excluding carboxylic acids is 1. The van der Waals surface area contributed by atoms with Gasteiger partial charge in [0, 0.05) is 17.2 Å². The number of aryl methyl sites for hydroxylation is 1. The van der Waals surface area contributed by atoms with Gasteiger partial charge in [-0.15, -0.1) is 11.6 Å². The summed E-state index contributed by atoms with van der Waals surface area (Å²) >= 11 is 5.36. The molecule has 0 heterocycles. The van der Waals surface area contributed by atoms with Crippen molar-refractivity contribution in [3.8, 4) is 6.07 Å². The number of carbonyl (C=O) groups is 1. The number of alkyl halides is 1. The highest BCUT2D eigenvalue weighted by Gasteiger charge is 2.18. The summed E-state index contributed by atoms with van der Waals surface area (Å²) in [4.78, 5) is 21.4. The van der Waals surface area contributed by atoms with Crippen molar-refractivity contribution in [1.82, 2.24) is 0 Å². The van der Waals surface area contributed by atoms with Crippen LogP contribution in [0, 0.1) is 28.4 Å². The minimum atomic E-state index is -0.596. The van der Waals surface area contributed by atoms with Gasteiger partial charge in [-0.05, 0) is 13.0 Å². The Bertz CT molecular complexity index is 506. The number of rotatable bonds is 3. The molecule has 1 aromatic rings. The average molecular weight is 239 g/mol. The van der Waals surface area contributed by atoms with Gasteiger partial charge in [-0.1, -0.05) is 0 Å². The van der Waals surface area contributed by atoms with Crippen LogP contribution >= 0.6 is 11.6 Å². The smallest absolute Gasteiger partial charge is 0.273 e. The molecule has 0 saturated carbocycles. The Morgan fingerprint density at radius 2 is 2.25 bits per heavy atom. The molecule has 1 aromatic carbocycles. The number of nitrogens with zero attached hydrogens (tertiary/aromatic N) is 2. The molecule has 0 aliphatic carbocycles. The number of hydrogen-bond acceptors (Lipinski definition) is 4. The minimum Gasteiger partial charge on any atom is -0.293 e. The number of Topliss-reactive ketones (excluding diaryl/α,β-unsaturated/α-hetero) is 1. The molecule has 0 saturated heterocycles. The van der Waals surface area contributed by atoms with Crippen LogP contribution in [0.3, 0.4) is 0 Å². The van der Waals surface area contributed by atoms with Crippen molar-refractivity contribution in [3.05, 3.63) is 38.9 Å². The normalized spacial score (nSPS) is 9.56. The summed E-state index contributed by atoms with van der Waals surface area (Å²) in [5.74, 6) is -0.809. The van der Waals surface area contributed by atoms with E-state index >= 15 is 0 Å². The van der Waals surface area contributed by atoms with E-state index in [0.29, 0.717) is 5.56 Å². The van der Waals surface area contributed by atoms with Gasteiger partial charge in [0.05, 0.1) is 22.4 Å². The molecular weight excluding hydrogens is 232 g/mol. The number of benzene rings is 1. The van der Waals surface area contributed by atoms with Crippen molar-refractivity contribution in [2.75, 3.05) is 5.88 Å². The maximum Gasteiger partial charge on any atom is 0.273 e. The first-order valence-corrected chi connectivity index (χ1v) is 4.83. The maximum atomic E-state index is 11.4. The van der Waals surface area contributed by atoms with Crippen molar-refractivity contribution in [2.45, 2.75) is 6.92 Å². The lowest BCUT2D eigenvalue weighted by atomic mass is 10.0. The number of nitro groups is 1. The molecule has 82 valence electrons. The number of nitro benzene ring substituents is 1. The molecule has 0 aromatic heterocycles. The zero-order valence-electron chi connectivity index (χ0n) is 8.36. The fourth-order valence-electron chi connectivity index (χ4n) is 1.29.